The van der Waals surface area contributed by atoms with Crippen LogP contribution in [-0.4, -0.2) is 12.0 Å². The number of benzene rings is 2. The molecule has 0 saturated heterocycles. The van der Waals surface area contributed by atoms with E-state index >= 15 is 0 Å². The molecule has 2 aromatic rings. The molecule has 0 saturated carbocycles. The van der Waals surface area contributed by atoms with Crippen LogP contribution in [0.4, 0.5) is 5.69 Å². The topological polar surface area (TPSA) is 38.3 Å². The molecule has 2 aromatic carbocycles. The highest BCUT2D eigenvalue weighted by atomic mass is 79.9. The summed E-state index contributed by atoms with van der Waals surface area (Å²) in [5.41, 5.74) is 1.99. The second kappa shape index (κ2) is 7.45. The summed E-state index contributed by atoms with van der Waals surface area (Å²) >= 11 is 3.38. The number of nitrogens with one attached hydrogen (secondary N) is 1. The van der Waals surface area contributed by atoms with Gasteiger partial charge in [-0.1, -0.05) is 48.0 Å². The van der Waals surface area contributed by atoms with Gasteiger partial charge in [-0.2, -0.15) is 0 Å². The number of rotatable bonds is 5. The third kappa shape index (κ3) is 4.60. The smallest absolute Gasteiger partial charge is 0.265 e. The quantitative estimate of drug-likeness (QED) is 0.815. The van der Waals surface area contributed by atoms with E-state index in [9.17, 15) is 4.79 Å². The normalized spacial score (nSPS) is 12.0. The van der Waals surface area contributed by atoms with E-state index < -0.39 is 6.10 Å². The molecule has 0 heterocycles. The molecule has 1 atom stereocenters. The Hall–Kier alpha value is -1.81. The molecule has 0 radical (unpaired) electrons. The summed E-state index contributed by atoms with van der Waals surface area (Å²) in [5.74, 6) is 0.999. The fourth-order valence-corrected chi connectivity index (χ4v) is 2.40. The number of hydrogen-bond acceptors (Lipinski definition) is 2. The summed E-state index contributed by atoms with van der Waals surface area (Å²) in [4.78, 5) is 12.2. The zero-order valence-electron chi connectivity index (χ0n) is 13.0. The fraction of sp³-hybridized carbons (Fsp3) is 0.278. The lowest BCUT2D eigenvalue weighted by Gasteiger charge is -2.15. The van der Waals surface area contributed by atoms with Crippen molar-refractivity contribution in [2.45, 2.75) is 32.8 Å². The van der Waals surface area contributed by atoms with Gasteiger partial charge in [0.1, 0.15) is 5.75 Å². The molecule has 0 aliphatic heterocycles. The van der Waals surface area contributed by atoms with Crippen LogP contribution in [-0.2, 0) is 4.79 Å². The first-order valence-corrected chi connectivity index (χ1v) is 8.08. The molecule has 22 heavy (non-hydrogen) atoms. The van der Waals surface area contributed by atoms with Crippen molar-refractivity contribution in [2.75, 3.05) is 5.32 Å². The van der Waals surface area contributed by atoms with E-state index in [1.807, 2.05) is 48.5 Å². The highest BCUT2D eigenvalue weighted by Gasteiger charge is 2.15. The maximum absolute atomic E-state index is 12.2. The van der Waals surface area contributed by atoms with Gasteiger partial charge in [-0.3, -0.25) is 4.79 Å². The first-order valence-electron chi connectivity index (χ1n) is 7.29. The minimum atomic E-state index is -0.566. The molecule has 0 spiro atoms. The minimum absolute atomic E-state index is 0.175. The standard InChI is InChI=1S/C18H20BrNO2/c1-12(2)14-7-9-17(10-8-14)22-13(3)18(21)20-16-6-4-5-15(19)11-16/h4-13H,1-3H3,(H,20,21). The largest absolute Gasteiger partial charge is 0.481 e. The monoisotopic (exact) mass is 361 g/mol. The van der Waals surface area contributed by atoms with Gasteiger partial charge < -0.3 is 10.1 Å². The molecular weight excluding hydrogens is 342 g/mol. The van der Waals surface area contributed by atoms with E-state index in [0.29, 0.717) is 11.7 Å². The molecule has 1 unspecified atom stereocenters. The van der Waals surface area contributed by atoms with Gasteiger partial charge in [0.25, 0.3) is 5.91 Å². The van der Waals surface area contributed by atoms with E-state index in [0.717, 1.165) is 10.2 Å². The molecule has 0 aliphatic carbocycles. The van der Waals surface area contributed by atoms with Crippen molar-refractivity contribution in [2.24, 2.45) is 0 Å². The zero-order valence-corrected chi connectivity index (χ0v) is 14.6. The lowest BCUT2D eigenvalue weighted by atomic mass is 10.0. The van der Waals surface area contributed by atoms with Crippen LogP contribution in [0.5, 0.6) is 5.75 Å². The number of halogens is 1. The molecule has 0 fully saturated rings. The first-order chi connectivity index (χ1) is 10.5. The van der Waals surface area contributed by atoms with Gasteiger partial charge in [0.2, 0.25) is 0 Å². The van der Waals surface area contributed by atoms with E-state index in [1.54, 1.807) is 6.92 Å². The predicted octanol–water partition coefficient (Wildman–Crippen LogP) is 4.98. The number of carbonyl (C=O) groups excluding carboxylic acids is 1. The van der Waals surface area contributed by atoms with Gasteiger partial charge in [-0.15, -0.1) is 0 Å². The van der Waals surface area contributed by atoms with Crippen LogP contribution in [0.2, 0.25) is 0 Å². The van der Waals surface area contributed by atoms with Crippen molar-refractivity contribution in [3.8, 4) is 5.75 Å². The van der Waals surface area contributed by atoms with Crippen molar-refractivity contribution < 1.29 is 9.53 Å². The molecule has 0 aliphatic rings. The first kappa shape index (κ1) is 16.6. The Kier molecular flexibility index (Phi) is 5.61. The molecular formula is C18H20BrNO2. The number of anilines is 1. The van der Waals surface area contributed by atoms with E-state index in [4.69, 9.17) is 4.74 Å². The molecule has 2 rings (SSSR count). The average Bonchev–Trinajstić information content (AvgIpc) is 2.47. The number of amides is 1. The fourth-order valence-electron chi connectivity index (χ4n) is 2.00. The Morgan fingerprint density at radius 2 is 1.77 bits per heavy atom. The Balaban J connectivity index is 1.96. The Morgan fingerprint density at radius 3 is 2.36 bits per heavy atom. The van der Waals surface area contributed by atoms with Crippen LogP contribution in [0, 0.1) is 0 Å². The number of hydrogen-bond donors (Lipinski definition) is 1. The van der Waals surface area contributed by atoms with Crippen molar-refractivity contribution >= 4 is 27.5 Å². The van der Waals surface area contributed by atoms with Crippen LogP contribution >= 0.6 is 15.9 Å². The molecule has 1 amide bonds. The number of ether oxygens (including phenoxy) is 1. The summed E-state index contributed by atoms with van der Waals surface area (Å²) in [5, 5.41) is 2.84. The van der Waals surface area contributed by atoms with Crippen molar-refractivity contribution in [3.63, 3.8) is 0 Å². The molecule has 0 bridgehead atoms. The van der Waals surface area contributed by atoms with Crippen molar-refractivity contribution in [1.29, 1.82) is 0 Å². The molecule has 1 N–H and O–H groups in total. The Morgan fingerprint density at radius 1 is 1.09 bits per heavy atom. The van der Waals surface area contributed by atoms with Gasteiger partial charge in [0.15, 0.2) is 6.10 Å². The lowest BCUT2D eigenvalue weighted by molar-refractivity contribution is -0.122. The predicted molar refractivity (Wildman–Crippen MR) is 93.4 cm³/mol. The van der Waals surface area contributed by atoms with E-state index in [2.05, 4.69) is 35.1 Å². The Bertz CT molecular complexity index is 638. The third-order valence-electron chi connectivity index (χ3n) is 3.32. The van der Waals surface area contributed by atoms with Crippen LogP contribution in [0.1, 0.15) is 32.3 Å². The summed E-state index contributed by atoms with van der Waals surface area (Å²) < 4.78 is 6.61. The average molecular weight is 362 g/mol. The van der Waals surface area contributed by atoms with Crippen LogP contribution in [0.3, 0.4) is 0 Å². The van der Waals surface area contributed by atoms with Crippen LogP contribution in [0.25, 0.3) is 0 Å². The molecule has 3 nitrogen and oxygen atoms in total. The van der Waals surface area contributed by atoms with Gasteiger partial charge in [0.05, 0.1) is 0 Å². The van der Waals surface area contributed by atoms with Crippen molar-refractivity contribution in [1.82, 2.24) is 0 Å². The SMILES string of the molecule is CC(Oc1ccc(C(C)C)cc1)C(=O)Nc1cccc(Br)c1. The van der Waals surface area contributed by atoms with Crippen LogP contribution in [0.15, 0.2) is 53.0 Å². The maximum Gasteiger partial charge on any atom is 0.265 e. The molecule has 0 aromatic heterocycles. The molecule has 4 heteroatoms. The third-order valence-corrected chi connectivity index (χ3v) is 3.81. The number of carbonyl (C=O) groups is 1. The van der Waals surface area contributed by atoms with Gasteiger partial charge in [0, 0.05) is 10.2 Å². The summed E-state index contributed by atoms with van der Waals surface area (Å²) in [6.07, 6.45) is -0.566. The second-order valence-corrected chi connectivity index (χ2v) is 6.40. The lowest BCUT2D eigenvalue weighted by Crippen LogP contribution is -2.30. The highest BCUT2D eigenvalue weighted by Crippen LogP contribution is 2.20. The van der Waals surface area contributed by atoms with Crippen LogP contribution < -0.4 is 10.1 Å². The molecule has 116 valence electrons. The van der Waals surface area contributed by atoms with E-state index in [-0.39, 0.29) is 5.91 Å². The summed E-state index contributed by atoms with van der Waals surface area (Å²) in [7, 11) is 0. The van der Waals surface area contributed by atoms with Crippen molar-refractivity contribution in [3.05, 3.63) is 58.6 Å². The Labute approximate surface area is 139 Å². The van der Waals surface area contributed by atoms with Gasteiger partial charge >= 0.3 is 0 Å². The maximum atomic E-state index is 12.2. The van der Waals surface area contributed by atoms with Gasteiger partial charge in [-0.05, 0) is 48.7 Å². The zero-order chi connectivity index (χ0) is 16.1. The highest BCUT2D eigenvalue weighted by molar-refractivity contribution is 9.10. The summed E-state index contributed by atoms with van der Waals surface area (Å²) in [6, 6.07) is 15.3. The minimum Gasteiger partial charge on any atom is -0.481 e. The second-order valence-electron chi connectivity index (χ2n) is 5.48. The van der Waals surface area contributed by atoms with E-state index in [1.165, 1.54) is 5.56 Å². The van der Waals surface area contributed by atoms with Gasteiger partial charge in [-0.25, -0.2) is 0 Å². The summed E-state index contributed by atoms with van der Waals surface area (Å²) in [6.45, 7) is 6.03.